The van der Waals surface area contributed by atoms with Crippen molar-refractivity contribution in [3.63, 3.8) is 0 Å². The van der Waals surface area contributed by atoms with Crippen LogP contribution in [-0.4, -0.2) is 34.4 Å². The van der Waals surface area contributed by atoms with Gasteiger partial charge in [0.15, 0.2) is 0 Å². The van der Waals surface area contributed by atoms with Crippen LogP contribution in [0.3, 0.4) is 0 Å². The summed E-state index contributed by atoms with van der Waals surface area (Å²) in [4.78, 5) is 25.0. The van der Waals surface area contributed by atoms with Crippen LogP contribution in [0.15, 0.2) is 60.4 Å². The van der Waals surface area contributed by atoms with Crippen molar-refractivity contribution in [1.82, 2.24) is 0 Å². The van der Waals surface area contributed by atoms with Crippen LogP contribution in [0.25, 0.3) is 5.57 Å². The molecule has 26 heavy (non-hydrogen) atoms. The van der Waals surface area contributed by atoms with Gasteiger partial charge in [0.1, 0.15) is 5.75 Å². The second kappa shape index (κ2) is 6.92. The fraction of sp³-hybridized carbons (Fsp3) is 0.200. The van der Waals surface area contributed by atoms with E-state index in [-0.39, 0.29) is 24.4 Å². The molecule has 0 aromatic heterocycles. The van der Waals surface area contributed by atoms with Crippen molar-refractivity contribution in [3.05, 3.63) is 71.5 Å². The SMILES string of the molecule is CCOC(=O)[C@]1(Cc2ccccc2)OC(=O)C(O)=C1c1ccc(O)cc1. The van der Waals surface area contributed by atoms with Crippen molar-refractivity contribution in [2.75, 3.05) is 6.61 Å². The number of aromatic hydroxyl groups is 1. The van der Waals surface area contributed by atoms with Crippen LogP contribution >= 0.6 is 0 Å². The highest BCUT2D eigenvalue weighted by molar-refractivity contribution is 6.11. The van der Waals surface area contributed by atoms with Crippen LogP contribution in [0.5, 0.6) is 5.75 Å². The minimum atomic E-state index is -1.80. The fourth-order valence-corrected chi connectivity index (χ4v) is 3.02. The Morgan fingerprint density at radius 1 is 1.08 bits per heavy atom. The van der Waals surface area contributed by atoms with Gasteiger partial charge in [0.2, 0.25) is 11.4 Å². The Bertz CT molecular complexity index is 854. The lowest BCUT2D eigenvalue weighted by Crippen LogP contribution is -2.44. The molecule has 3 rings (SSSR count). The van der Waals surface area contributed by atoms with Crippen LogP contribution in [-0.2, 0) is 25.5 Å². The molecule has 1 aliphatic heterocycles. The number of aliphatic hydroxyl groups excluding tert-OH is 1. The van der Waals surface area contributed by atoms with Crippen LogP contribution in [0.4, 0.5) is 0 Å². The number of cyclic esters (lactones) is 1. The van der Waals surface area contributed by atoms with Crippen LogP contribution < -0.4 is 0 Å². The van der Waals surface area contributed by atoms with Crippen molar-refractivity contribution < 1.29 is 29.3 Å². The van der Waals surface area contributed by atoms with E-state index in [0.717, 1.165) is 5.56 Å². The molecule has 6 heteroatoms. The average Bonchev–Trinajstić information content (AvgIpc) is 2.88. The maximum Gasteiger partial charge on any atom is 0.375 e. The zero-order valence-electron chi connectivity index (χ0n) is 14.1. The molecule has 1 heterocycles. The molecule has 0 fully saturated rings. The molecule has 0 saturated heterocycles. The number of carbonyl (C=O) groups is 2. The predicted molar refractivity (Wildman–Crippen MR) is 93.3 cm³/mol. The summed E-state index contributed by atoms with van der Waals surface area (Å²) in [5, 5.41) is 19.9. The molecule has 2 aromatic carbocycles. The van der Waals surface area contributed by atoms with Gasteiger partial charge in [-0.1, -0.05) is 42.5 Å². The molecule has 0 bridgehead atoms. The van der Waals surface area contributed by atoms with Crippen molar-refractivity contribution in [2.24, 2.45) is 0 Å². The maximum absolute atomic E-state index is 12.8. The minimum absolute atomic E-state index is 0.0126. The Hall–Kier alpha value is -3.28. The van der Waals surface area contributed by atoms with Gasteiger partial charge < -0.3 is 19.7 Å². The fourth-order valence-electron chi connectivity index (χ4n) is 3.02. The average molecular weight is 354 g/mol. The smallest absolute Gasteiger partial charge is 0.375 e. The van der Waals surface area contributed by atoms with E-state index in [1.165, 1.54) is 24.3 Å². The maximum atomic E-state index is 12.8. The largest absolute Gasteiger partial charge is 0.508 e. The number of phenols is 1. The van der Waals surface area contributed by atoms with Crippen molar-refractivity contribution >= 4 is 17.5 Å². The lowest BCUT2D eigenvalue weighted by atomic mass is 9.83. The van der Waals surface area contributed by atoms with E-state index < -0.39 is 23.3 Å². The molecule has 0 saturated carbocycles. The number of aliphatic hydroxyl groups is 1. The van der Waals surface area contributed by atoms with Crippen LogP contribution in [0, 0.1) is 0 Å². The monoisotopic (exact) mass is 354 g/mol. The summed E-state index contributed by atoms with van der Waals surface area (Å²) in [7, 11) is 0. The Morgan fingerprint density at radius 2 is 1.73 bits per heavy atom. The molecule has 134 valence electrons. The standard InChI is InChI=1S/C20H18O6/c1-2-25-19(24)20(12-13-6-4-3-5-7-13)16(17(22)18(23)26-20)14-8-10-15(21)11-9-14/h3-11,21-22H,2,12H2,1H3/t20-/m1/s1. The number of ether oxygens (including phenoxy) is 2. The zero-order chi connectivity index (χ0) is 18.7. The molecule has 0 spiro atoms. The third-order valence-electron chi connectivity index (χ3n) is 4.16. The highest BCUT2D eigenvalue weighted by Crippen LogP contribution is 2.42. The second-order valence-corrected chi connectivity index (χ2v) is 5.87. The number of benzene rings is 2. The van der Waals surface area contributed by atoms with Gasteiger partial charge in [0, 0.05) is 6.42 Å². The van der Waals surface area contributed by atoms with Gasteiger partial charge in [0.25, 0.3) is 0 Å². The summed E-state index contributed by atoms with van der Waals surface area (Å²) in [5.74, 6) is -2.37. The molecule has 0 aliphatic carbocycles. The van der Waals surface area contributed by atoms with Crippen molar-refractivity contribution in [2.45, 2.75) is 18.9 Å². The summed E-state index contributed by atoms with van der Waals surface area (Å²) in [6.07, 6.45) is 0.0126. The molecule has 0 radical (unpaired) electrons. The number of phenolic OH excluding ortho intramolecular Hbond substituents is 1. The zero-order valence-corrected chi connectivity index (χ0v) is 14.1. The summed E-state index contributed by atoms with van der Waals surface area (Å²) >= 11 is 0. The molecular formula is C20H18O6. The third kappa shape index (κ3) is 3.01. The summed E-state index contributed by atoms with van der Waals surface area (Å²) in [5.41, 5.74) is -0.644. The normalized spacial score (nSPS) is 19.3. The molecule has 1 aliphatic rings. The lowest BCUT2D eigenvalue weighted by Gasteiger charge is -2.28. The first kappa shape index (κ1) is 17.5. The number of hydrogen-bond donors (Lipinski definition) is 2. The quantitative estimate of drug-likeness (QED) is 0.802. The van der Waals surface area contributed by atoms with Gasteiger partial charge in [-0.05, 0) is 30.2 Å². The highest BCUT2D eigenvalue weighted by Gasteiger charge is 2.55. The first-order valence-corrected chi connectivity index (χ1v) is 8.15. The van der Waals surface area contributed by atoms with Crippen molar-refractivity contribution in [3.8, 4) is 5.75 Å². The summed E-state index contributed by atoms with van der Waals surface area (Å²) < 4.78 is 10.5. The Balaban J connectivity index is 2.16. The van der Waals surface area contributed by atoms with Gasteiger partial charge in [-0.15, -0.1) is 0 Å². The van der Waals surface area contributed by atoms with E-state index in [1.807, 2.05) is 6.07 Å². The van der Waals surface area contributed by atoms with E-state index in [1.54, 1.807) is 31.2 Å². The van der Waals surface area contributed by atoms with E-state index in [9.17, 15) is 19.8 Å². The summed E-state index contributed by atoms with van der Waals surface area (Å²) in [6.45, 7) is 1.74. The molecule has 0 unspecified atom stereocenters. The van der Waals surface area contributed by atoms with E-state index >= 15 is 0 Å². The molecule has 6 nitrogen and oxygen atoms in total. The number of hydrogen-bond acceptors (Lipinski definition) is 6. The van der Waals surface area contributed by atoms with Gasteiger partial charge in [-0.25, -0.2) is 9.59 Å². The van der Waals surface area contributed by atoms with Crippen LogP contribution in [0.2, 0.25) is 0 Å². The second-order valence-electron chi connectivity index (χ2n) is 5.87. The van der Waals surface area contributed by atoms with E-state index in [0.29, 0.717) is 5.56 Å². The minimum Gasteiger partial charge on any atom is -0.508 e. The topological polar surface area (TPSA) is 93.1 Å². The highest BCUT2D eigenvalue weighted by atomic mass is 16.6. The van der Waals surface area contributed by atoms with Crippen molar-refractivity contribution in [1.29, 1.82) is 0 Å². The molecular weight excluding hydrogens is 336 g/mol. The van der Waals surface area contributed by atoms with Gasteiger partial charge >= 0.3 is 11.9 Å². The van der Waals surface area contributed by atoms with Gasteiger partial charge in [-0.2, -0.15) is 0 Å². The first-order valence-electron chi connectivity index (χ1n) is 8.15. The Labute approximate surface area is 150 Å². The van der Waals surface area contributed by atoms with Crippen LogP contribution in [0.1, 0.15) is 18.1 Å². The Kier molecular flexibility index (Phi) is 4.67. The molecule has 0 amide bonds. The van der Waals surface area contributed by atoms with Gasteiger partial charge in [0.05, 0.1) is 12.2 Å². The molecule has 2 N–H and O–H groups in total. The van der Waals surface area contributed by atoms with E-state index in [4.69, 9.17) is 9.47 Å². The third-order valence-corrected chi connectivity index (χ3v) is 4.16. The predicted octanol–water partition coefficient (Wildman–Crippen LogP) is 2.76. The van der Waals surface area contributed by atoms with Gasteiger partial charge in [-0.3, -0.25) is 0 Å². The first-order chi connectivity index (χ1) is 12.5. The lowest BCUT2D eigenvalue weighted by molar-refractivity contribution is -0.171. The number of carbonyl (C=O) groups excluding carboxylic acids is 2. The molecule has 1 atom stereocenters. The molecule has 2 aromatic rings. The summed E-state index contributed by atoms with van der Waals surface area (Å²) in [6, 6.07) is 14.8. The Morgan fingerprint density at radius 3 is 2.35 bits per heavy atom. The number of rotatable bonds is 5. The number of esters is 2. The van der Waals surface area contributed by atoms with E-state index in [2.05, 4.69) is 0 Å².